The molecule has 160 valence electrons. The number of rotatable bonds is 4. The molecule has 0 bridgehead atoms. The first-order valence-electron chi connectivity index (χ1n) is 9.90. The standard InChI is InChI=1S/C24H19ClN4O3/c1-14-22(15-4-6-16(25)7-5-15)23-26-13-18-19(29(23)27-14)10-11-28(24(18)30)20-12-17(31-2)8-9-21(20)32-3/h4-13H,1-3H3. The predicted octanol–water partition coefficient (Wildman–Crippen LogP) is 4.68. The van der Waals surface area contributed by atoms with E-state index in [9.17, 15) is 4.79 Å². The number of pyridine rings is 1. The molecule has 5 aromatic rings. The number of aromatic nitrogens is 4. The predicted molar refractivity (Wildman–Crippen MR) is 124 cm³/mol. The maximum Gasteiger partial charge on any atom is 0.266 e. The normalized spacial score (nSPS) is 11.2. The summed E-state index contributed by atoms with van der Waals surface area (Å²) >= 11 is 6.04. The summed E-state index contributed by atoms with van der Waals surface area (Å²) in [6.45, 7) is 1.92. The van der Waals surface area contributed by atoms with Gasteiger partial charge in [0, 0.05) is 29.0 Å². The third-order valence-electron chi connectivity index (χ3n) is 5.47. The molecule has 3 heterocycles. The van der Waals surface area contributed by atoms with Crippen molar-refractivity contribution in [3.63, 3.8) is 0 Å². The molecule has 8 heteroatoms. The van der Waals surface area contributed by atoms with Crippen LogP contribution in [0.25, 0.3) is 33.4 Å². The van der Waals surface area contributed by atoms with Gasteiger partial charge in [0.25, 0.3) is 5.56 Å². The molecule has 32 heavy (non-hydrogen) atoms. The number of fused-ring (bicyclic) bond motifs is 3. The van der Waals surface area contributed by atoms with Crippen LogP contribution in [0.3, 0.4) is 0 Å². The SMILES string of the molecule is COc1ccc(OC)c(-n2ccc3c(cnc4c(-c5ccc(Cl)cc5)c(C)nn43)c2=O)c1. The van der Waals surface area contributed by atoms with Crippen molar-refractivity contribution in [2.45, 2.75) is 6.92 Å². The maximum atomic E-state index is 13.4. The number of methoxy groups -OCH3 is 2. The molecule has 0 fully saturated rings. The minimum Gasteiger partial charge on any atom is -0.497 e. The Kier molecular flexibility index (Phi) is 4.83. The van der Waals surface area contributed by atoms with Gasteiger partial charge in [0.15, 0.2) is 5.65 Å². The molecule has 0 saturated carbocycles. The van der Waals surface area contributed by atoms with E-state index in [2.05, 4.69) is 10.1 Å². The molecule has 3 aromatic heterocycles. The summed E-state index contributed by atoms with van der Waals surface area (Å²) in [5.74, 6) is 1.18. The summed E-state index contributed by atoms with van der Waals surface area (Å²) < 4.78 is 14.0. The molecular formula is C24H19ClN4O3. The van der Waals surface area contributed by atoms with Gasteiger partial charge in [-0.2, -0.15) is 5.10 Å². The van der Waals surface area contributed by atoms with Gasteiger partial charge in [0.05, 0.1) is 36.5 Å². The van der Waals surface area contributed by atoms with E-state index in [1.54, 1.807) is 49.3 Å². The second kappa shape index (κ2) is 7.69. The van der Waals surface area contributed by atoms with Crippen LogP contribution in [0, 0.1) is 6.92 Å². The molecular weight excluding hydrogens is 428 g/mol. The number of benzene rings is 2. The molecule has 0 atom stereocenters. The van der Waals surface area contributed by atoms with E-state index in [0.717, 1.165) is 16.8 Å². The molecule has 0 aliphatic heterocycles. The summed E-state index contributed by atoms with van der Waals surface area (Å²) in [5, 5.41) is 5.77. The van der Waals surface area contributed by atoms with Gasteiger partial charge in [0.1, 0.15) is 11.5 Å². The van der Waals surface area contributed by atoms with Crippen LogP contribution in [0.5, 0.6) is 11.5 Å². The quantitative estimate of drug-likeness (QED) is 0.401. The maximum absolute atomic E-state index is 13.4. The van der Waals surface area contributed by atoms with Gasteiger partial charge < -0.3 is 9.47 Å². The molecule has 0 saturated heterocycles. The first-order chi connectivity index (χ1) is 15.5. The Labute approximate surface area is 188 Å². The molecule has 0 aliphatic carbocycles. The molecule has 2 aromatic carbocycles. The summed E-state index contributed by atoms with van der Waals surface area (Å²) in [5.41, 5.74) is 4.37. The smallest absolute Gasteiger partial charge is 0.266 e. The second-order valence-corrected chi connectivity index (χ2v) is 7.72. The Balaban J connectivity index is 1.75. The Morgan fingerprint density at radius 1 is 1.00 bits per heavy atom. The zero-order valence-electron chi connectivity index (χ0n) is 17.7. The average molecular weight is 447 g/mol. The fourth-order valence-electron chi connectivity index (χ4n) is 3.91. The first-order valence-corrected chi connectivity index (χ1v) is 10.3. The van der Waals surface area contributed by atoms with Crippen molar-refractivity contribution in [2.24, 2.45) is 0 Å². The number of hydrogen-bond acceptors (Lipinski definition) is 5. The van der Waals surface area contributed by atoms with Crippen LogP contribution in [-0.4, -0.2) is 33.4 Å². The lowest BCUT2D eigenvalue weighted by molar-refractivity contribution is 0.401. The highest BCUT2D eigenvalue weighted by Gasteiger charge is 2.17. The number of hydrogen-bond donors (Lipinski definition) is 0. The summed E-state index contributed by atoms with van der Waals surface area (Å²) in [4.78, 5) is 18.0. The Bertz CT molecular complexity index is 1540. The van der Waals surface area contributed by atoms with Crippen molar-refractivity contribution >= 4 is 28.2 Å². The van der Waals surface area contributed by atoms with Gasteiger partial charge in [-0.1, -0.05) is 23.7 Å². The largest absolute Gasteiger partial charge is 0.497 e. The van der Waals surface area contributed by atoms with Crippen LogP contribution < -0.4 is 15.0 Å². The first kappa shape index (κ1) is 20.1. The van der Waals surface area contributed by atoms with Crippen LogP contribution in [-0.2, 0) is 0 Å². The van der Waals surface area contributed by atoms with Crippen LogP contribution >= 0.6 is 11.6 Å². The van der Waals surface area contributed by atoms with Gasteiger partial charge >= 0.3 is 0 Å². The molecule has 0 radical (unpaired) electrons. The third-order valence-corrected chi connectivity index (χ3v) is 5.72. The van der Waals surface area contributed by atoms with Crippen molar-refractivity contribution in [1.82, 2.24) is 19.2 Å². The lowest BCUT2D eigenvalue weighted by atomic mass is 10.1. The van der Waals surface area contributed by atoms with E-state index in [0.29, 0.717) is 38.8 Å². The Morgan fingerprint density at radius 2 is 1.78 bits per heavy atom. The minimum atomic E-state index is -0.232. The molecule has 0 unspecified atom stereocenters. The van der Waals surface area contributed by atoms with Crippen molar-refractivity contribution in [1.29, 1.82) is 0 Å². The Morgan fingerprint density at radius 3 is 2.50 bits per heavy atom. The molecule has 5 rings (SSSR count). The van der Waals surface area contributed by atoms with E-state index < -0.39 is 0 Å². The van der Waals surface area contributed by atoms with E-state index in [1.807, 2.05) is 37.3 Å². The van der Waals surface area contributed by atoms with E-state index in [1.165, 1.54) is 4.57 Å². The minimum absolute atomic E-state index is 0.232. The molecule has 7 nitrogen and oxygen atoms in total. The van der Waals surface area contributed by atoms with Crippen LogP contribution in [0.15, 0.2) is 65.7 Å². The van der Waals surface area contributed by atoms with E-state index in [-0.39, 0.29) is 5.56 Å². The van der Waals surface area contributed by atoms with Gasteiger partial charge in [-0.3, -0.25) is 9.36 Å². The zero-order chi connectivity index (χ0) is 22.4. The lowest BCUT2D eigenvalue weighted by Gasteiger charge is -2.13. The van der Waals surface area contributed by atoms with Gasteiger partial charge in [-0.25, -0.2) is 9.50 Å². The van der Waals surface area contributed by atoms with Crippen molar-refractivity contribution < 1.29 is 9.47 Å². The fraction of sp³-hybridized carbons (Fsp3) is 0.125. The average Bonchev–Trinajstić information content (AvgIpc) is 3.15. The van der Waals surface area contributed by atoms with Gasteiger partial charge in [-0.05, 0) is 42.8 Å². The topological polar surface area (TPSA) is 70.7 Å². The lowest BCUT2D eigenvalue weighted by Crippen LogP contribution is -2.19. The van der Waals surface area contributed by atoms with E-state index >= 15 is 0 Å². The summed E-state index contributed by atoms with van der Waals surface area (Å²) in [6.07, 6.45) is 3.30. The number of ether oxygens (including phenoxy) is 2. The molecule has 0 aliphatic rings. The zero-order valence-corrected chi connectivity index (χ0v) is 18.4. The number of aryl methyl sites for hydroxylation is 1. The van der Waals surface area contributed by atoms with Crippen LogP contribution in [0.2, 0.25) is 5.02 Å². The monoisotopic (exact) mass is 446 g/mol. The summed E-state index contributed by atoms with van der Waals surface area (Å²) in [7, 11) is 3.14. The number of halogens is 1. The highest BCUT2D eigenvalue weighted by atomic mass is 35.5. The Hall–Kier alpha value is -3.84. The van der Waals surface area contributed by atoms with Crippen molar-refractivity contribution in [3.05, 3.63) is 82.0 Å². The molecule has 0 spiro atoms. The highest BCUT2D eigenvalue weighted by molar-refractivity contribution is 6.30. The highest BCUT2D eigenvalue weighted by Crippen LogP contribution is 2.30. The van der Waals surface area contributed by atoms with Crippen LogP contribution in [0.1, 0.15) is 5.69 Å². The van der Waals surface area contributed by atoms with Gasteiger partial charge in [0.2, 0.25) is 0 Å². The van der Waals surface area contributed by atoms with Crippen molar-refractivity contribution in [2.75, 3.05) is 14.2 Å². The number of nitrogens with zero attached hydrogens (tertiary/aromatic N) is 4. The molecule has 0 N–H and O–H groups in total. The summed E-state index contributed by atoms with van der Waals surface area (Å²) in [6, 6.07) is 14.7. The molecule has 0 amide bonds. The van der Waals surface area contributed by atoms with Crippen molar-refractivity contribution in [3.8, 4) is 28.3 Å². The second-order valence-electron chi connectivity index (χ2n) is 7.29. The van der Waals surface area contributed by atoms with Gasteiger partial charge in [-0.15, -0.1) is 0 Å². The van der Waals surface area contributed by atoms with E-state index in [4.69, 9.17) is 21.1 Å². The fourth-order valence-corrected chi connectivity index (χ4v) is 4.03. The third kappa shape index (κ3) is 3.09. The van der Waals surface area contributed by atoms with Crippen LogP contribution in [0.4, 0.5) is 0 Å².